The summed E-state index contributed by atoms with van der Waals surface area (Å²) in [7, 11) is 1.84. The summed E-state index contributed by atoms with van der Waals surface area (Å²) in [5.41, 5.74) is 2.46. The lowest BCUT2D eigenvalue weighted by Crippen LogP contribution is -2.42. The third-order valence-electron chi connectivity index (χ3n) is 4.38. The van der Waals surface area contributed by atoms with Gasteiger partial charge in [-0.05, 0) is 51.2 Å². The van der Waals surface area contributed by atoms with Gasteiger partial charge in [-0.2, -0.15) is 0 Å². The summed E-state index contributed by atoms with van der Waals surface area (Å²) in [4.78, 5) is 14.0. The van der Waals surface area contributed by atoms with Crippen LogP contribution in [0.15, 0.2) is 24.3 Å². The monoisotopic (exact) mass is 289 g/mol. The molecule has 1 aliphatic carbocycles. The summed E-state index contributed by atoms with van der Waals surface area (Å²) in [6.07, 6.45) is 3.01. The van der Waals surface area contributed by atoms with E-state index in [1.54, 1.807) is 4.90 Å². The fraction of sp³-hybridized carbons (Fsp3) is 0.611. The number of rotatable bonds is 3. The van der Waals surface area contributed by atoms with Gasteiger partial charge in [-0.1, -0.05) is 31.2 Å². The molecule has 116 valence electrons. The maximum absolute atomic E-state index is 12.2. The van der Waals surface area contributed by atoms with Crippen LogP contribution in [0.2, 0.25) is 0 Å². The molecule has 0 heterocycles. The average molecular weight is 289 g/mol. The van der Waals surface area contributed by atoms with Gasteiger partial charge >= 0.3 is 6.09 Å². The van der Waals surface area contributed by atoms with Crippen LogP contribution in [0.1, 0.15) is 51.7 Å². The van der Waals surface area contributed by atoms with Gasteiger partial charge in [0, 0.05) is 19.0 Å². The van der Waals surface area contributed by atoms with Crippen LogP contribution >= 0.6 is 0 Å². The predicted molar refractivity (Wildman–Crippen MR) is 85.6 cm³/mol. The van der Waals surface area contributed by atoms with Gasteiger partial charge in [0.2, 0.25) is 0 Å². The molecule has 1 atom stereocenters. The molecule has 2 rings (SSSR count). The molecule has 1 aromatic rings. The van der Waals surface area contributed by atoms with E-state index >= 15 is 0 Å². The molecule has 3 heteroatoms. The standard InChI is InChI=1S/C18H27NO2/c1-6-18(12-11-14-9-7-8-10-15(14)18)13-19(5)16(20)21-17(2,3)4/h7-10H,6,11-13H2,1-5H3. The molecule has 0 aliphatic heterocycles. The summed E-state index contributed by atoms with van der Waals surface area (Å²) in [5.74, 6) is 0. The first kappa shape index (κ1) is 15.9. The van der Waals surface area contributed by atoms with Gasteiger partial charge in [0.15, 0.2) is 0 Å². The van der Waals surface area contributed by atoms with Crippen molar-refractivity contribution < 1.29 is 9.53 Å². The molecule has 0 aromatic heterocycles. The molecule has 1 aromatic carbocycles. The maximum atomic E-state index is 12.2. The van der Waals surface area contributed by atoms with Crippen molar-refractivity contribution in [2.75, 3.05) is 13.6 Å². The van der Waals surface area contributed by atoms with Crippen LogP contribution < -0.4 is 0 Å². The highest BCUT2D eigenvalue weighted by Gasteiger charge is 2.39. The number of benzene rings is 1. The molecule has 3 nitrogen and oxygen atoms in total. The molecule has 0 saturated carbocycles. The first-order valence-electron chi connectivity index (χ1n) is 7.80. The highest BCUT2D eigenvalue weighted by Crippen LogP contribution is 2.42. The number of carbonyl (C=O) groups is 1. The molecule has 0 saturated heterocycles. The molecular weight excluding hydrogens is 262 g/mol. The summed E-state index contributed by atoms with van der Waals surface area (Å²) >= 11 is 0. The first-order valence-corrected chi connectivity index (χ1v) is 7.80. The van der Waals surface area contributed by atoms with Crippen molar-refractivity contribution in [3.63, 3.8) is 0 Å². The van der Waals surface area contributed by atoms with E-state index < -0.39 is 5.60 Å². The van der Waals surface area contributed by atoms with Gasteiger partial charge in [0.05, 0.1) is 0 Å². The Labute approximate surface area is 128 Å². The van der Waals surface area contributed by atoms with E-state index in [9.17, 15) is 4.79 Å². The van der Waals surface area contributed by atoms with Gasteiger partial charge in [-0.3, -0.25) is 0 Å². The number of carbonyl (C=O) groups excluding carboxylic acids is 1. The van der Waals surface area contributed by atoms with Crippen molar-refractivity contribution >= 4 is 6.09 Å². The van der Waals surface area contributed by atoms with Crippen LogP contribution in [0.5, 0.6) is 0 Å². The van der Waals surface area contributed by atoms with E-state index in [0.29, 0.717) is 0 Å². The minimum atomic E-state index is -0.446. The number of aryl methyl sites for hydroxylation is 1. The Balaban J connectivity index is 2.15. The molecule has 1 aliphatic rings. The highest BCUT2D eigenvalue weighted by atomic mass is 16.6. The Morgan fingerprint density at radius 1 is 1.33 bits per heavy atom. The average Bonchev–Trinajstić information content (AvgIpc) is 2.77. The summed E-state index contributed by atoms with van der Waals surface area (Å²) < 4.78 is 5.47. The second kappa shape index (κ2) is 5.70. The van der Waals surface area contributed by atoms with Gasteiger partial charge in [0.1, 0.15) is 5.60 Å². The van der Waals surface area contributed by atoms with Crippen LogP contribution in [0.25, 0.3) is 0 Å². The Bertz CT molecular complexity index is 518. The normalized spacial score (nSPS) is 21.0. The molecule has 0 fully saturated rings. The minimum absolute atomic E-state index is 0.0717. The number of amides is 1. The van der Waals surface area contributed by atoms with Crippen molar-refractivity contribution in [3.05, 3.63) is 35.4 Å². The Hall–Kier alpha value is -1.51. The lowest BCUT2D eigenvalue weighted by Gasteiger charge is -2.34. The van der Waals surface area contributed by atoms with Crippen LogP contribution in [-0.4, -0.2) is 30.2 Å². The lowest BCUT2D eigenvalue weighted by molar-refractivity contribution is 0.0256. The zero-order chi connectivity index (χ0) is 15.7. The van der Waals surface area contributed by atoms with Crippen LogP contribution in [0.3, 0.4) is 0 Å². The molecular formula is C18H27NO2. The topological polar surface area (TPSA) is 29.5 Å². The summed E-state index contributed by atoms with van der Waals surface area (Å²) in [6, 6.07) is 8.62. The highest BCUT2D eigenvalue weighted by molar-refractivity contribution is 5.68. The van der Waals surface area contributed by atoms with E-state index in [1.807, 2.05) is 27.8 Å². The number of likely N-dealkylation sites (N-methyl/N-ethyl adjacent to an activating group) is 1. The van der Waals surface area contributed by atoms with Gasteiger partial charge < -0.3 is 9.64 Å². The van der Waals surface area contributed by atoms with Gasteiger partial charge in [0.25, 0.3) is 0 Å². The van der Waals surface area contributed by atoms with Crippen LogP contribution in [0.4, 0.5) is 4.79 Å². The zero-order valence-corrected chi connectivity index (χ0v) is 13.9. The van der Waals surface area contributed by atoms with Gasteiger partial charge in [-0.25, -0.2) is 4.79 Å². The Morgan fingerprint density at radius 3 is 2.62 bits per heavy atom. The van der Waals surface area contributed by atoms with Crippen molar-refractivity contribution in [2.45, 2.75) is 58.0 Å². The van der Waals surface area contributed by atoms with Crippen molar-refractivity contribution in [1.82, 2.24) is 4.90 Å². The van der Waals surface area contributed by atoms with E-state index in [2.05, 4.69) is 31.2 Å². The number of ether oxygens (including phenoxy) is 1. The molecule has 1 unspecified atom stereocenters. The Kier molecular flexibility index (Phi) is 4.31. The third kappa shape index (κ3) is 3.39. The number of nitrogens with zero attached hydrogens (tertiary/aromatic N) is 1. The molecule has 21 heavy (non-hydrogen) atoms. The van der Waals surface area contributed by atoms with E-state index in [0.717, 1.165) is 25.8 Å². The van der Waals surface area contributed by atoms with Crippen molar-refractivity contribution in [3.8, 4) is 0 Å². The summed E-state index contributed by atoms with van der Waals surface area (Å²) in [5, 5.41) is 0. The summed E-state index contributed by atoms with van der Waals surface area (Å²) in [6.45, 7) is 8.64. The molecule has 0 spiro atoms. The molecule has 1 amide bonds. The second-order valence-corrected chi connectivity index (χ2v) is 7.13. The lowest BCUT2D eigenvalue weighted by atomic mass is 9.79. The van der Waals surface area contributed by atoms with Crippen LogP contribution in [0, 0.1) is 0 Å². The Morgan fingerprint density at radius 2 is 2.00 bits per heavy atom. The van der Waals surface area contributed by atoms with Crippen molar-refractivity contribution in [2.24, 2.45) is 0 Å². The number of hydrogen-bond donors (Lipinski definition) is 0. The SMILES string of the molecule is CCC1(CN(C)C(=O)OC(C)(C)C)CCc2ccccc21. The van der Waals surface area contributed by atoms with Gasteiger partial charge in [-0.15, -0.1) is 0 Å². The fourth-order valence-corrected chi connectivity index (χ4v) is 3.27. The maximum Gasteiger partial charge on any atom is 0.410 e. The molecule has 0 N–H and O–H groups in total. The molecule has 0 bridgehead atoms. The number of fused-ring (bicyclic) bond motifs is 1. The van der Waals surface area contributed by atoms with E-state index in [-0.39, 0.29) is 11.5 Å². The fourth-order valence-electron chi connectivity index (χ4n) is 3.27. The van der Waals surface area contributed by atoms with Crippen LogP contribution in [-0.2, 0) is 16.6 Å². The van der Waals surface area contributed by atoms with E-state index in [4.69, 9.17) is 4.74 Å². The largest absolute Gasteiger partial charge is 0.444 e. The van der Waals surface area contributed by atoms with E-state index in [1.165, 1.54) is 11.1 Å². The smallest absolute Gasteiger partial charge is 0.410 e. The second-order valence-electron chi connectivity index (χ2n) is 7.13. The number of hydrogen-bond acceptors (Lipinski definition) is 2. The first-order chi connectivity index (χ1) is 9.77. The quantitative estimate of drug-likeness (QED) is 0.836. The minimum Gasteiger partial charge on any atom is -0.444 e. The third-order valence-corrected chi connectivity index (χ3v) is 4.38. The van der Waals surface area contributed by atoms with Crippen molar-refractivity contribution in [1.29, 1.82) is 0 Å². The zero-order valence-electron chi connectivity index (χ0n) is 13.9. The molecule has 0 radical (unpaired) electrons. The predicted octanol–water partition coefficient (Wildman–Crippen LogP) is 4.15.